The van der Waals surface area contributed by atoms with Crippen LogP contribution in [-0.4, -0.2) is 66.3 Å². The average molecular weight is 679 g/mol. The molecular formula is C36H37Cl2N3O6. The number of pyridine rings is 2. The summed E-state index contributed by atoms with van der Waals surface area (Å²) < 4.78 is 22.4. The van der Waals surface area contributed by atoms with Gasteiger partial charge in [-0.1, -0.05) is 53.5 Å². The molecule has 47 heavy (non-hydrogen) atoms. The summed E-state index contributed by atoms with van der Waals surface area (Å²) in [6.45, 7) is 7.05. The maximum Gasteiger partial charge on any atom is 0.410 e. The third kappa shape index (κ3) is 7.70. The van der Waals surface area contributed by atoms with Crippen LogP contribution in [0.25, 0.3) is 33.6 Å². The van der Waals surface area contributed by atoms with Gasteiger partial charge in [-0.05, 0) is 57.9 Å². The van der Waals surface area contributed by atoms with Crippen LogP contribution in [0.3, 0.4) is 0 Å². The summed E-state index contributed by atoms with van der Waals surface area (Å²) in [7, 11) is 3.05. The number of carbonyl (C=O) groups excluding carboxylic acids is 2. The van der Waals surface area contributed by atoms with Crippen LogP contribution in [0.4, 0.5) is 4.79 Å². The molecule has 0 radical (unpaired) electrons. The zero-order valence-corrected chi connectivity index (χ0v) is 28.5. The number of amides is 1. The summed E-state index contributed by atoms with van der Waals surface area (Å²) in [5, 5.41) is 0.837. The summed E-state index contributed by atoms with van der Waals surface area (Å²) in [6.07, 6.45) is 3.44. The Bertz CT molecular complexity index is 1770. The number of rotatable bonds is 9. The minimum absolute atomic E-state index is 0.0180. The van der Waals surface area contributed by atoms with Crippen LogP contribution >= 0.6 is 23.2 Å². The van der Waals surface area contributed by atoms with Gasteiger partial charge in [-0.2, -0.15) is 0 Å². The number of benzene rings is 2. The molecule has 2 aromatic heterocycles. The number of halogens is 2. The Kier molecular flexibility index (Phi) is 10.7. The Morgan fingerprint density at radius 2 is 1.70 bits per heavy atom. The van der Waals surface area contributed by atoms with Crippen molar-refractivity contribution in [2.75, 3.05) is 27.4 Å². The smallest absolute Gasteiger partial charge is 0.410 e. The molecule has 0 spiro atoms. The highest BCUT2D eigenvalue weighted by molar-refractivity contribution is 6.39. The first-order valence-electron chi connectivity index (χ1n) is 15.2. The normalized spacial score (nSPS) is 13.6. The van der Waals surface area contributed by atoms with Crippen molar-refractivity contribution in [3.05, 3.63) is 82.0 Å². The van der Waals surface area contributed by atoms with Crippen molar-refractivity contribution in [3.8, 4) is 45.3 Å². The number of carbonyl (C=O) groups is 2. The molecule has 9 nitrogen and oxygen atoms in total. The molecule has 1 saturated heterocycles. The van der Waals surface area contributed by atoms with Crippen LogP contribution in [0.15, 0.2) is 60.8 Å². The Hall–Kier alpha value is -4.18. The molecule has 1 aliphatic heterocycles. The number of nitrogens with zero attached hydrogens (tertiary/aromatic N) is 3. The van der Waals surface area contributed by atoms with E-state index in [1.807, 2.05) is 57.2 Å². The first-order chi connectivity index (χ1) is 22.5. The van der Waals surface area contributed by atoms with Crippen LogP contribution in [0.1, 0.15) is 49.5 Å². The van der Waals surface area contributed by atoms with E-state index in [0.29, 0.717) is 75.5 Å². The summed E-state index contributed by atoms with van der Waals surface area (Å²) in [5.41, 5.74) is 4.37. The number of hydrogen-bond acceptors (Lipinski definition) is 8. The van der Waals surface area contributed by atoms with Crippen LogP contribution < -0.4 is 9.47 Å². The number of aldehydes is 1. The highest BCUT2D eigenvalue weighted by Crippen LogP contribution is 2.42. The standard InChI is InChI=1S/C36H37Cl2N3O6/c1-36(2,3)47-35(43)41(25-14-17-46-18-15-25)20-23-10-9-22(19-30(23)44-4)33-32(38)27(13-16-39-33)26-7-6-8-28(31(26)37)29-12-11-24(21-42)34(40-29)45-5/h6-13,16,19,21,25H,14-15,17-18,20H2,1-5H3. The molecule has 1 amide bonds. The second-order valence-electron chi connectivity index (χ2n) is 12.1. The Morgan fingerprint density at radius 1 is 0.979 bits per heavy atom. The Balaban J connectivity index is 1.48. The lowest BCUT2D eigenvalue weighted by atomic mass is 9.99. The summed E-state index contributed by atoms with van der Waals surface area (Å²) in [6, 6.07) is 16.4. The molecule has 0 N–H and O–H groups in total. The van der Waals surface area contributed by atoms with E-state index in [0.717, 1.165) is 24.0 Å². The summed E-state index contributed by atoms with van der Waals surface area (Å²) >= 11 is 14.0. The molecular weight excluding hydrogens is 641 g/mol. The maximum absolute atomic E-state index is 13.3. The highest BCUT2D eigenvalue weighted by Gasteiger charge is 2.31. The number of aromatic nitrogens is 2. The number of hydrogen-bond donors (Lipinski definition) is 0. The van der Waals surface area contributed by atoms with Crippen LogP contribution in [0.5, 0.6) is 11.6 Å². The zero-order valence-electron chi connectivity index (χ0n) is 27.0. The minimum Gasteiger partial charge on any atom is -0.496 e. The van der Waals surface area contributed by atoms with Gasteiger partial charge < -0.3 is 23.8 Å². The van der Waals surface area contributed by atoms with E-state index in [4.69, 9.17) is 42.1 Å². The molecule has 1 fully saturated rings. The van der Waals surface area contributed by atoms with E-state index in [1.54, 1.807) is 36.4 Å². The minimum atomic E-state index is -0.630. The predicted molar refractivity (Wildman–Crippen MR) is 182 cm³/mol. The first-order valence-corrected chi connectivity index (χ1v) is 16.0. The monoisotopic (exact) mass is 677 g/mol. The van der Waals surface area contributed by atoms with Crippen molar-refractivity contribution >= 4 is 35.6 Å². The third-order valence-corrected chi connectivity index (χ3v) is 8.61. The van der Waals surface area contributed by atoms with Gasteiger partial charge in [0.25, 0.3) is 0 Å². The molecule has 2 aromatic carbocycles. The van der Waals surface area contributed by atoms with Crippen LogP contribution in [-0.2, 0) is 16.0 Å². The molecule has 1 aliphatic rings. The van der Waals surface area contributed by atoms with Crippen molar-refractivity contribution in [2.45, 2.75) is 51.8 Å². The molecule has 11 heteroatoms. The van der Waals surface area contributed by atoms with Gasteiger partial charge in [-0.3, -0.25) is 9.78 Å². The van der Waals surface area contributed by atoms with Crippen LogP contribution in [0.2, 0.25) is 10.0 Å². The molecule has 0 atom stereocenters. The second kappa shape index (κ2) is 14.7. The van der Waals surface area contributed by atoms with Gasteiger partial charge in [0.1, 0.15) is 11.4 Å². The van der Waals surface area contributed by atoms with E-state index < -0.39 is 5.60 Å². The molecule has 246 valence electrons. The molecule has 0 bridgehead atoms. The molecule has 5 rings (SSSR count). The summed E-state index contributed by atoms with van der Waals surface area (Å²) in [4.78, 5) is 35.6. The third-order valence-electron chi connectivity index (χ3n) is 7.82. The fourth-order valence-electron chi connectivity index (χ4n) is 5.51. The molecule has 4 aromatic rings. The van der Waals surface area contributed by atoms with Gasteiger partial charge in [-0.15, -0.1) is 0 Å². The fraction of sp³-hybridized carbons (Fsp3) is 0.333. The van der Waals surface area contributed by atoms with E-state index in [2.05, 4.69) is 9.97 Å². The quantitative estimate of drug-likeness (QED) is 0.163. The van der Waals surface area contributed by atoms with E-state index in [-0.39, 0.29) is 18.0 Å². The second-order valence-corrected chi connectivity index (χ2v) is 12.8. The average Bonchev–Trinajstić information content (AvgIpc) is 3.07. The van der Waals surface area contributed by atoms with Gasteiger partial charge in [-0.25, -0.2) is 9.78 Å². The van der Waals surface area contributed by atoms with E-state index >= 15 is 0 Å². The molecule has 0 saturated carbocycles. The van der Waals surface area contributed by atoms with Crippen molar-refractivity contribution in [3.63, 3.8) is 0 Å². The molecule has 3 heterocycles. The van der Waals surface area contributed by atoms with Crippen LogP contribution in [0, 0.1) is 0 Å². The zero-order chi connectivity index (χ0) is 33.7. The maximum atomic E-state index is 13.3. The van der Waals surface area contributed by atoms with Crippen molar-refractivity contribution in [1.82, 2.24) is 14.9 Å². The van der Waals surface area contributed by atoms with Gasteiger partial charge in [0.15, 0.2) is 6.29 Å². The fourth-order valence-corrected chi connectivity index (χ4v) is 6.16. The lowest BCUT2D eigenvalue weighted by Gasteiger charge is -2.35. The molecule has 0 aliphatic carbocycles. The summed E-state index contributed by atoms with van der Waals surface area (Å²) in [5.74, 6) is 0.799. The van der Waals surface area contributed by atoms with Gasteiger partial charge >= 0.3 is 6.09 Å². The SMILES string of the molecule is COc1cc(-c2nccc(-c3cccc(-c4ccc(C=O)c(OC)n4)c3Cl)c2Cl)ccc1CN(C(=O)OC(C)(C)C)C1CCOCC1. The van der Waals surface area contributed by atoms with Gasteiger partial charge in [0.05, 0.1) is 47.8 Å². The van der Waals surface area contributed by atoms with Crippen molar-refractivity contribution in [2.24, 2.45) is 0 Å². The van der Waals surface area contributed by atoms with E-state index in [1.165, 1.54) is 7.11 Å². The topological polar surface area (TPSA) is 100 Å². The predicted octanol–water partition coefficient (Wildman–Crippen LogP) is 8.53. The van der Waals surface area contributed by atoms with Crippen molar-refractivity contribution < 1.29 is 28.5 Å². The molecule has 0 unspecified atom stereocenters. The van der Waals surface area contributed by atoms with Crippen molar-refractivity contribution in [1.29, 1.82) is 0 Å². The number of ether oxygens (including phenoxy) is 4. The Morgan fingerprint density at radius 3 is 2.38 bits per heavy atom. The Labute approximate surface area is 284 Å². The van der Waals surface area contributed by atoms with E-state index in [9.17, 15) is 9.59 Å². The lowest BCUT2D eigenvalue weighted by Crippen LogP contribution is -2.45. The lowest BCUT2D eigenvalue weighted by molar-refractivity contribution is -0.00822. The number of methoxy groups -OCH3 is 2. The largest absolute Gasteiger partial charge is 0.496 e. The van der Waals surface area contributed by atoms with Gasteiger partial charge in [0.2, 0.25) is 5.88 Å². The van der Waals surface area contributed by atoms with Gasteiger partial charge in [0, 0.05) is 53.3 Å². The highest BCUT2D eigenvalue weighted by atomic mass is 35.5. The first kappa shape index (κ1) is 34.2.